The summed E-state index contributed by atoms with van der Waals surface area (Å²) in [5.74, 6) is -0.0242. The Bertz CT molecular complexity index is 620. The first kappa shape index (κ1) is 18.0. The monoisotopic (exact) mass is 331 g/mol. The number of nitrogens with one attached hydrogen (secondary N) is 1. The molecule has 0 saturated heterocycles. The lowest BCUT2D eigenvalue weighted by atomic mass is 9.83. The van der Waals surface area contributed by atoms with Crippen molar-refractivity contribution in [3.05, 3.63) is 35.9 Å². The number of carbonyl (C=O) groups excluding carboxylic acids is 1. The van der Waals surface area contributed by atoms with Gasteiger partial charge in [0, 0.05) is 19.0 Å². The third-order valence-corrected chi connectivity index (χ3v) is 4.14. The van der Waals surface area contributed by atoms with E-state index < -0.39 is 6.09 Å². The maximum absolute atomic E-state index is 12.1. The summed E-state index contributed by atoms with van der Waals surface area (Å²) in [4.78, 5) is 23.1. The van der Waals surface area contributed by atoms with Crippen molar-refractivity contribution < 1.29 is 14.7 Å². The highest BCUT2D eigenvalue weighted by molar-refractivity contribution is 6.05. The van der Waals surface area contributed by atoms with E-state index in [0.29, 0.717) is 13.0 Å². The van der Waals surface area contributed by atoms with Crippen LogP contribution in [0, 0.1) is 5.41 Å². The molecule has 6 nitrogen and oxygen atoms in total. The van der Waals surface area contributed by atoms with Crippen molar-refractivity contribution in [2.75, 3.05) is 6.54 Å². The first-order chi connectivity index (χ1) is 11.3. The average molecular weight is 331 g/mol. The maximum atomic E-state index is 12.1. The summed E-state index contributed by atoms with van der Waals surface area (Å²) < 4.78 is 0. The molecule has 1 atom stereocenters. The number of hydrogen-bond acceptors (Lipinski definition) is 3. The van der Waals surface area contributed by atoms with E-state index >= 15 is 0 Å². The van der Waals surface area contributed by atoms with Gasteiger partial charge in [0.25, 0.3) is 0 Å². The summed E-state index contributed by atoms with van der Waals surface area (Å²) in [6, 6.07) is 9.68. The van der Waals surface area contributed by atoms with Gasteiger partial charge in [-0.05, 0) is 17.4 Å². The van der Waals surface area contributed by atoms with E-state index in [0.717, 1.165) is 17.7 Å². The molecule has 1 aromatic carbocycles. The highest BCUT2D eigenvalue weighted by Crippen LogP contribution is 2.24. The minimum atomic E-state index is -1.05. The highest BCUT2D eigenvalue weighted by atomic mass is 16.4. The lowest BCUT2D eigenvalue weighted by molar-refractivity contribution is -0.128. The van der Waals surface area contributed by atoms with Crippen molar-refractivity contribution in [1.29, 1.82) is 0 Å². The van der Waals surface area contributed by atoms with E-state index in [2.05, 4.69) is 10.4 Å². The molecular formula is C18H25N3O3. The molecule has 1 aliphatic heterocycles. The van der Waals surface area contributed by atoms with Gasteiger partial charge in [0.05, 0.1) is 12.1 Å². The summed E-state index contributed by atoms with van der Waals surface area (Å²) in [5.41, 5.74) is 1.65. The predicted octanol–water partition coefficient (Wildman–Crippen LogP) is 2.89. The van der Waals surface area contributed by atoms with Gasteiger partial charge in [-0.25, -0.2) is 9.80 Å². The third kappa shape index (κ3) is 5.08. The van der Waals surface area contributed by atoms with Crippen LogP contribution in [0.15, 0.2) is 35.4 Å². The Morgan fingerprint density at radius 1 is 1.33 bits per heavy atom. The van der Waals surface area contributed by atoms with Gasteiger partial charge in [-0.2, -0.15) is 5.10 Å². The van der Waals surface area contributed by atoms with Crippen LogP contribution >= 0.6 is 0 Å². The number of benzene rings is 1. The van der Waals surface area contributed by atoms with Crippen LogP contribution in [0.3, 0.4) is 0 Å². The van der Waals surface area contributed by atoms with Crippen LogP contribution in [0.2, 0.25) is 0 Å². The Labute approximate surface area is 142 Å². The molecular weight excluding hydrogens is 306 g/mol. The first-order valence-electron chi connectivity index (χ1n) is 8.16. The molecule has 0 radical (unpaired) electrons. The number of carboxylic acid groups (broad SMARTS) is 1. The van der Waals surface area contributed by atoms with Crippen molar-refractivity contribution in [2.24, 2.45) is 10.5 Å². The van der Waals surface area contributed by atoms with Crippen molar-refractivity contribution in [2.45, 2.75) is 46.1 Å². The number of carbonyl (C=O) groups is 2. The van der Waals surface area contributed by atoms with E-state index in [1.807, 2.05) is 51.1 Å². The number of rotatable bonds is 6. The second-order valence-electron chi connectivity index (χ2n) is 7.17. The molecule has 2 rings (SSSR count). The van der Waals surface area contributed by atoms with Gasteiger partial charge in [-0.1, -0.05) is 51.1 Å². The lowest BCUT2D eigenvalue weighted by Crippen LogP contribution is -2.44. The second kappa shape index (κ2) is 7.47. The Kier molecular flexibility index (Phi) is 5.59. The Morgan fingerprint density at radius 2 is 2.00 bits per heavy atom. The molecule has 24 heavy (non-hydrogen) atoms. The molecule has 0 bridgehead atoms. The number of hydrazone groups is 1. The molecule has 2 N–H and O–H groups in total. The van der Waals surface area contributed by atoms with Gasteiger partial charge in [0.2, 0.25) is 5.91 Å². The average Bonchev–Trinajstić information content (AvgIpc) is 2.84. The van der Waals surface area contributed by atoms with Gasteiger partial charge < -0.3 is 10.4 Å². The molecule has 0 saturated carbocycles. The zero-order chi connectivity index (χ0) is 17.7. The molecule has 0 aromatic heterocycles. The van der Waals surface area contributed by atoms with Crippen molar-refractivity contribution in [3.63, 3.8) is 0 Å². The Hall–Kier alpha value is -2.37. The molecule has 1 aliphatic rings. The van der Waals surface area contributed by atoms with E-state index in [1.54, 1.807) is 0 Å². The molecule has 1 unspecified atom stereocenters. The summed E-state index contributed by atoms with van der Waals surface area (Å²) >= 11 is 0. The molecule has 0 aliphatic carbocycles. The minimum absolute atomic E-state index is 0.0242. The second-order valence-corrected chi connectivity index (χ2v) is 7.17. The zero-order valence-electron chi connectivity index (χ0n) is 14.5. The van der Waals surface area contributed by atoms with Crippen molar-refractivity contribution >= 4 is 17.7 Å². The fourth-order valence-electron chi connectivity index (χ4n) is 2.65. The van der Waals surface area contributed by atoms with Crippen LogP contribution in [0.5, 0.6) is 0 Å². The smallest absolute Gasteiger partial charge is 0.404 e. The Balaban J connectivity index is 1.98. The fourth-order valence-corrected chi connectivity index (χ4v) is 2.65. The van der Waals surface area contributed by atoms with Crippen LogP contribution in [0.25, 0.3) is 0 Å². The van der Waals surface area contributed by atoms with Gasteiger partial charge in [-0.3, -0.25) is 4.79 Å². The maximum Gasteiger partial charge on any atom is 0.404 e. The van der Waals surface area contributed by atoms with E-state index in [-0.39, 0.29) is 23.8 Å². The molecule has 0 fully saturated rings. The van der Waals surface area contributed by atoms with Crippen LogP contribution in [-0.2, 0) is 11.2 Å². The molecule has 6 heteroatoms. The zero-order valence-corrected chi connectivity index (χ0v) is 14.5. The normalized spacial score (nSPS) is 16.0. The van der Waals surface area contributed by atoms with Crippen molar-refractivity contribution in [1.82, 2.24) is 10.3 Å². The summed E-state index contributed by atoms with van der Waals surface area (Å²) in [7, 11) is 0. The highest BCUT2D eigenvalue weighted by Gasteiger charge is 2.31. The van der Waals surface area contributed by atoms with Crippen LogP contribution in [-0.4, -0.2) is 40.4 Å². The van der Waals surface area contributed by atoms with Crippen molar-refractivity contribution in [3.8, 4) is 0 Å². The molecule has 0 spiro atoms. The quantitative estimate of drug-likeness (QED) is 0.841. The lowest BCUT2D eigenvalue weighted by Gasteiger charge is -2.30. The van der Waals surface area contributed by atoms with Crippen LogP contribution in [0.4, 0.5) is 4.79 Å². The summed E-state index contributed by atoms with van der Waals surface area (Å²) in [6.07, 6.45) is 0.409. The molecule has 1 heterocycles. The first-order valence-corrected chi connectivity index (χ1v) is 8.16. The van der Waals surface area contributed by atoms with E-state index in [4.69, 9.17) is 5.11 Å². The molecule has 1 aromatic rings. The largest absolute Gasteiger partial charge is 0.465 e. The summed E-state index contributed by atoms with van der Waals surface area (Å²) in [6.45, 7) is 6.45. The standard InChI is InChI=1S/C18H25N3O3/c1-18(2,3)15(19-17(23)24)11-14-12-16(22)21(20-14)10-9-13-7-5-4-6-8-13/h4-8,15,19H,9-12H2,1-3H3,(H,23,24). The molecule has 130 valence electrons. The Morgan fingerprint density at radius 3 is 2.58 bits per heavy atom. The number of amides is 2. The van der Waals surface area contributed by atoms with Gasteiger partial charge in [0.15, 0.2) is 0 Å². The summed E-state index contributed by atoms with van der Waals surface area (Å²) in [5, 5.41) is 17.5. The van der Waals surface area contributed by atoms with E-state index in [1.165, 1.54) is 5.01 Å². The third-order valence-electron chi connectivity index (χ3n) is 4.14. The van der Waals surface area contributed by atoms with Gasteiger partial charge in [-0.15, -0.1) is 0 Å². The fraction of sp³-hybridized carbons (Fsp3) is 0.500. The number of nitrogens with zero attached hydrogens (tertiary/aromatic N) is 2. The minimum Gasteiger partial charge on any atom is -0.465 e. The molecule has 2 amide bonds. The predicted molar refractivity (Wildman–Crippen MR) is 92.9 cm³/mol. The van der Waals surface area contributed by atoms with Gasteiger partial charge >= 0.3 is 6.09 Å². The number of hydrogen-bond donors (Lipinski definition) is 2. The SMILES string of the molecule is CC(C)(C)C(CC1=NN(CCc2ccccc2)C(=O)C1)NC(=O)O. The van der Waals surface area contributed by atoms with Crippen LogP contribution in [0.1, 0.15) is 39.2 Å². The van der Waals surface area contributed by atoms with Crippen LogP contribution < -0.4 is 5.32 Å². The van der Waals surface area contributed by atoms with Gasteiger partial charge in [0.1, 0.15) is 0 Å². The topological polar surface area (TPSA) is 82.0 Å². The van der Waals surface area contributed by atoms with E-state index in [9.17, 15) is 9.59 Å².